The first kappa shape index (κ1) is 18.5. The zero-order valence-electron chi connectivity index (χ0n) is 16.1. The molecule has 3 rings (SSSR count). The number of Topliss-reactive ketones (excluding diaryl/α,β-unsaturated/α-hetero) is 1. The summed E-state index contributed by atoms with van der Waals surface area (Å²) in [6.07, 6.45) is 0.0814. The van der Waals surface area contributed by atoms with Crippen molar-refractivity contribution in [3.05, 3.63) is 23.3 Å². The van der Waals surface area contributed by atoms with Gasteiger partial charge in [-0.25, -0.2) is 4.79 Å². The van der Waals surface area contributed by atoms with Crippen LogP contribution in [0.5, 0.6) is 11.5 Å². The lowest BCUT2D eigenvalue weighted by Crippen LogP contribution is -2.60. The molecule has 0 radical (unpaired) electrons. The molecule has 1 fully saturated rings. The van der Waals surface area contributed by atoms with Crippen LogP contribution in [0.15, 0.2) is 12.1 Å². The maximum atomic E-state index is 13.5. The topological polar surface area (TPSA) is 76.1 Å². The molecule has 0 bridgehead atoms. The van der Waals surface area contributed by atoms with Crippen LogP contribution in [0.2, 0.25) is 0 Å². The Bertz CT molecular complexity index is 741. The van der Waals surface area contributed by atoms with Crippen molar-refractivity contribution in [2.75, 3.05) is 20.2 Å². The molecule has 1 aromatic rings. The number of rotatable bonds is 1. The Labute approximate surface area is 154 Å². The number of hydrogen-bond acceptors (Lipinski definition) is 4. The van der Waals surface area contributed by atoms with Crippen LogP contribution >= 0.6 is 0 Å². The van der Waals surface area contributed by atoms with Gasteiger partial charge in [-0.05, 0) is 24.0 Å². The average molecular weight is 361 g/mol. The minimum atomic E-state index is -0.924. The highest BCUT2D eigenvalue weighted by Crippen LogP contribution is 2.51. The van der Waals surface area contributed by atoms with Crippen LogP contribution in [0.1, 0.15) is 49.5 Å². The summed E-state index contributed by atoms with van der Waals surface area (Å²) in [6.45, 7) is 8.78. The van der Waals surface area contributed by atoms with Crippen LogP contribution in [0.25, 0.3) is 0 Å². The van der Waals surface area contributed by atoms with Gasteiger partial charge in [0.1, 0.15) is 17.1 Å². The van der Waals surface area contributed by atoms with E-state index in [0.717, 1.165) is 5.56 Å². The molecular weight excluding hydrogens is 334 g/mol. The first-order valence-corrected chi connectivity index (χ1v) is 8.99. The lowest BCUT2D eigenvalue weighted by molar-refractivity contribution is -0.0697. The van der Waals surface area contributed by atoms with Crippen molar-refractivity contribution < 1.29 is 24.2 Å². The molecule has 2 aliphatic heterocycles. The van der Waals surface area contributed by atoms with Gasteiger partial charge in [0, 0.05) is 32.0 Å². The highest BCUT2D eigenvalue weighted by molar-refractivity contribution is 6.04. The Morgan fingerprint density at radius 1 is 1.31 bits per heavy atom. The van der Waals surface area contributed by atoms with Gasteiger partial charge in [-0.15, -0.1) is 0 Å². The lowest BCUT2D eigenvalue weighted by atomic mass is 9.62. The number of benzene rings is 1. The number of carbonyl (C=O) groups excluding carboxylic acids is 1. The molecule has 1 spiro atoms. The van der Waals surface area contributed by atoms with Gasteiger partial charge in [-0.1, -0.05) is 20.8 Å². The van der Waals surface area contributed by atoms with Gasteiger partial charge < -0.3 is 19.5 Å². The number of carboxylic acid groups (broad SMARTS) is 1. The molecule has 0 saturated carbocycles. The van der Waals surface area contributed by atoms with Crippen molar-refractivity contribution in [3.8, 4) is 11.5 Å². The summed E-state index contributed by atoms with van der Waals surface area (Å²) in [5.41, 5.74) is 0.480. The Morgan fingerprint density at radius 2 is 1.92 bits per heavy atom. The Balaban J connectivity index is 2.08. The van der Waals surface area contributed by atoms with Crippen LogP contribution in [0.4, 0.5) is 4.79 Å². The molecule has 1 aromatic carbocycles. The van der Waals surface area contributed by atoms with Crippen molar-refractivity contribution >= 4 is 11.9 Å². The third-order valence-electron chi connectivity index (χ3n) is 5.60. The second-order valence-electron chi connectivity index (χ2n) is 8.42. The number of methoxy groups -OCH3 is 1. The summed E-state index contributed by atoms with van der Waals surface area (Å²) < 4.78 is 11.8. The van der Waals surface area contributed by atoms with Crippen LogP contribution < -0.4 is 9.47 Å². The fourth-order valence-electron chi connectivity index (χ4n) is 4.55. The van der Waals surface area contributed by atoms with E-state index in [0.29, 0.717) is 43.0 Å². The second kappa shape index (κ2) is 6.18. The molecule has 1 unspecified atom stereocenters. The molecule has 1 amide bonds. The van der Waals surface area contributed by atoms with E-state index in [1.54, 1.807) is 13.2 Å². The van der Waals surface area contributed by atoms with Gasteiger partial charge in [0.2, 0.25) is 0 Å². The fourth-order valence-corrected chi connectivity index (χ4v) is 4.55. The highest BCUT2D eigenvalue weighted by atomic mass is 16.5. The van der Waals surface area contributed by atoms with E-state index < -0.39 is 11.7 Å². The van der Waals surface area contributed by atoms with Gasteiger partial charge >= 0.3 is 6.09 Å². The van der Waals surface area contributed by atoms with Crippen molar-refractivity contribution in [3.63, 3.8) is 0 Å². The highest BCUT2D eigenvalue weighted by Gasteiger charge is 2.56. The molecule has 2 heterocycles. The van der Waals surface area contributed by atoms with Crippen LogP contribution in [0, 0.1) is 18.3 Å². The van der Waals surface area contributed by atoms with Gasteiger partial charge in [-0.3, -0.25) is 4.79 Å². The SMILES string of the molecule is COc1cc(C)c2c(c1)OC1(CCN(C(=O)O)CC1)C(C(C)(C)C)C2=O. The normalized spacial score (nSPS) is 22.0. The molecule has 2 aliphatic rings. The van der Waals surface area contributed by atoms with Crippen molar-refractivity contribution in [1.29, 1.82) is 0 Å². The average Bonchev–Trinajstić information content (AvgIpc) is 2.52. The monoisotopic (exact) mass is 361 g/mol. The van der Waals surface area contributed by atoms with E-state index in [1.165, 1.54) is 4.90 Å². The summed E-state index contributed by atoms with van der Waals surface area (Å²) in [5.74, 6) is 0.964. The third kappa shape index (κ3) is 2.91. The Hall–Kier alpha value is -2.24. The maximum absolute atomic E-state index is 13.5. The molecule has 142 valence electrons. The number of hydrogen-bond donors (Lipinski definition) is 1. The predicted molar refractivity (Wildman–Crippen MR) is 97.2 cm³/mol. The minimum absolute atomic E-state index is 0.0858. The number of aryl methyl sites for hydroxylation is 1. The van der Waals surface area contributed by atoms with Crippen LogP contribution in [-0.4, -0.2) is 47.7 Å². The van der Waals surface area contributed by atoms with Crippen molar-refractivity contribution in [2.45, 2.75) is 46.1 Å². The quantitative estimate of drug-likeness (QED) is 0.824. The summed E-state index contributed by atoms with van der Waals surface area (Å²) >= 11 is 0. The molecule has 0 aliphatic carbocycles. The number of fused-ring (bicyclic) bond motifs is 1. The zero-order valence-corrected chi connectivity index (χ0v) is 16.1. The first-order chi connectivity index (χ1) is 12.1. The van der Waals surface area contributed by atoms with E-state index in [-0.39, 0.29) is 17.1 Å². The third-order valence-corrected chi connectivity index (χ3v) is 5.60. The Kier molecular flexibility index (Phi) is 4.41. The number of amides is 1. The smallest absolute Gasteiger partial charge is 0.407 e. The number of nitrogens with zero attached hydrogens (tertiary/aromatic N) is 1. The molecule has 1 atom stereocenters. The van der Waals surface area contributed by atoms with Crippen molar-refractivity contribution in [2.24, 2.45) is 11.3 Å². The largest absolute Gasteiger partial charge is 0.497 e. The lowest BCUT2D eigenvalue weighted by Gasteiger charge is -2.52. The number of ketones is 1. The molecule has 1 N–H and O–H groups in total. The summed E-state index contributed by atoms with van der Waals surface area (Å²) in [4.78, 5) is 26.2. The summed E-state index contributed by atoms with van der Waals surface area (Å²) in [6, 6.07) is 3.62. The second-order valence-corrected chi connectivity index (χ2v) is 8.42. The van der Waals surface area contributed by atoms with Crippen LogP contribution in [0.3, 0.4) is 0 Å². The van der Waals surface area contributed by atoms with Gasteiger partial charge in [0.15, 0.2) is 5.78 Å². The number of piperidine rings is 1. The fraction of sp³-hybridized carbons (Fsp3) is 0.600. The zero-order chi connectivity index (χ0) is 19.3. The van der Waals surface area contributed by atoms with E-state index in [9.17, 15) is 14.7 Å². The van der Waals surface area contributed by atoms with E-state index in [4.69, 9.17) is 9.47 Å². The summed E-state index contributed by atoms with van der Waals surface area (Å²) in [5, 5.41) is 9.27. The van der Waals surface area contributed by atoms with E-state index in [2.05, 4.69) is 0 Å². The molecule has 26 heavy (non-hydrogen) atoms. The maximum Gasteiger partial charge on any atom is 0.407 e. The predicted octanol–water partition coefficient (Wildman–Crippen LogP) is 3.75. The summed E-state index contributed by atoms with van der Waals surface area (Å²) in [7, 11) is 1.59. The van der Waals surface area contributed by atoms with E-state index in [1.807, 2.05) is 33.8 Å². The molecule has 0 aromatic heterocycles. The molecule has 6 heteroatoms. The standard InChI is InChI=1S/C20H27NO5/c1-12-10-13(25-5)11-14-15(12)16(22)17(19(2,3)4)20(26-14)6-8-21(9-7-20)18(23)24/h10-11,17H,6-9H2,1-5H3,(H,23,24). The number of ether oxygens (including phenoxy) is 2. The minimum Gasteiger partial charge on any atom is -0.497 e. The molecular formula is C20H27NO5. The molecule has 1 saturated heterocycles. The number of likely N-dealkylation sites (tertiary alicyclic amines) is 1. The van der Waals surface area contributed by atoms with E-state index >= 15 is 0 Å². The Morgan fingerprint density at radius 3 is 2.42 bits per heavy atom. The van der Waals surface area contributed by atoms with Crippen molar-refractivity contribution in [1.82, 2.24) is 4.90 Å². The van der Waals surface area contributed by atoms with Crippen LogP contribution in [-0.2, 0) is 0 Å². The van der Waals surface area contributed by atoms with Gasteiger partial charge in [-0.2, -0.15) is 0 Å². The molecule has 6 nitrogen and oxygen atoms in total. The van der Waals surface area contributed by atoms with Gasteiger partial charge in [0.05, 0.1) is 18.6 Å². The number of carbonyl (C=O) groups is 2. The first-order valence-electron chi connectivity index (χ1n) is 8.99. The van der Waals surface area contributed by atoms with Gasteiger partial charge in [0.25, 0.3) is 0 Å².